The Morgan fingerprint density at radius 2 is 0.607 bits per heavy atom. The van der Waals surface area contributed by atoms with Gasteiger partial charge in [-0.2, -0.15) is 0 Å². The van der Waals surface area contributed by atoms with Gasteiger partial charge < -0.3 is 49.4 Å². The van der Waals surface area contributed by atoms with Gasteiger partial charge in [0.15, 0.2) is 6.17 Å². The van der Waals surface area contributed by atoms with Crippen molar-refractivity contribution < 1.29 is 53.9 Å². The molecule has 1 aromatic heterocycles. The first kappa shape index (κ1) is 46.4. The smallest absolute Gasteiger partial charge is 0.373 e. The van der Waals surface area contributed by atoms with Gasteiger partial charge in [0, 0.05) is 42.3 Å². The Hall–Kier alpha value is 0.945. The van der Waals surface area contributed by atoms with Gasteiger partial charge in [0.05, 0.1) is 0 Å². The van der Waals surface area contributed by atoms with Crippen molar-refractivity contribution in [3.05, 3.63) is 18.7 Å². The fourth-order valence-electron chi connectivity index (χ4n) is 8.64. The normalized spacial score (nSPS) is 39.8. The monoisotopic (exact) mass is 989 g/mol. The maximum Gasteiger partial charge on any atom is 0.523 e. The lowest BCUT2D eigenvalue weighted by molar-refractivity contribution is -0.673. The molecule has 7 rings (SSSR count). The molecule has 0 N–H and O–H groups in total. The standard InChI is InChI=1S/C33H70BrN2O12Si8/c1-27(2)17-49-37-50(18-28(3)4)40-53(21-31(9)10)42-51(38-49,19-29(5)6)44-55(23-33(13)14)45-52(39-49,20-30(7)8)43-54(41-50,22-32(11)12)47-56(46-53,48-55)26-36-16-15-35(24-34)25-36/h15-16,25,27-33H,17-24,26H2,1-14H3/q+1. The zero-order valence-electron chi connectivity index (χ0n) is 36.3. The summed E-state index contributed by atoms with van der Waals surface area (Å²) in [5.41, 5.74) is 0.621. The van der Waals surface area contributed by atoms with Gasteiger partial charge in [0.2, 0.25) is 6.33 Å². The van der Waals surface area contributed by atoms with Gasteiger partial charge in [-0.05, 0) is 57.4 Å². The molecule has 0 radical (unpaired) electrons. The van der Waals surface area contributed by atoms with Gasteiger partial charge in [-0.25, -0.2) is 9.13 Å². The second-order valence-corrected chi connectivity index (χ2v) is 44.0. The van der Waals surface area contributed by atoms with Crippen LogP contribution in [-0.4, -0.2) is 75.0 Å². The van der Waals surface area contributed by atoms with Crippen LogP contribution in [0.4, 0.5) is 0 Å². The Morgan fingerprint density at radius 3 is 0.786 bits per heavy atom. The summed E-state index contributed by atoms with van der Waals surface area (Å²) in [5, 5.41) is 0. The van der Waals surface area contributed by atoms with Crippen molar-refractivity contribution in [2.24, 2.45) is 41.4 Å². The Labute approximate surface area is 353 Å². The zero-order valence-corrected chi connectivity index (χ0v) is 45.9. The fourth-order valence-corrected chi connectivity index (χ4v) is 60.1. The summed E-state index contributed by atoms with van der Waals surface area (Å²) in [6, 6.07) is 3.33. The number of halogens is 1. The summed E-state index contributed by atoms with van der Waals surface area (Å²) < 4.78 is 97.8. The van der Waals surface area contributed by atoms with Crippen LogP contribution in [0.3, 0.4) is 0 Å². The minimum Gasteiger partial charge on any atom is -0.373 e. The Morgan fingerprint density at radius 1 is 0.393 bits per heavy atom. The summed E-state index contributed by atoms with van der Waals surface area (Å²) in [7, 11) is -31.7. The highest BCUT2D eigenvalue weighted by Gasteiger charge is 2.83. The number of hydrogen-bond donors (Lipinski definition) is 0. The first-order valence-corrected chi connectivity index (χ1v) is 37.5. The van der Waals surface area contributed by atoms with Crippen molar-refractivity contribution in [1.29, 1.82) is 0 Å². The van der Waals surface area contributed by atoms with E-state index in [9.17, 15) is 0 Å². The number of imidazole rings is 1. The molecule has 0 amide bonds. The number of hydrogen-bond acceptors (Lipinski definition) is 12. The van der Waals surface area contributed by atoms with Crippen LogP contribution < -0.4 is 4.57 Å². The maximum absolute atomic E-state index is 7.84. The third-order valence-corrected chi connectivity index (χ3v) is 50.0. The predicted molar refractivity (Wildman–Crippen MR) is 230 cm³/mol. The lowest BCUT2D eigenvalue weighted by Crippen LogP contribution is -2.89. The Bertz CT molecular complexity index is 1380. The van der Waals surface area contributed by atoms with Crippen molar-refractivity contribution in [2.75, 3.05) is 0 Å². The quantitative estimate of drug-likeness (QED) is 0.0855. The van der Waals surface area contributed by atoms with Crippen molar-refractivity contribution >= 4 is 86.4 Å². The summed E-state index contributed by atoms with van der Waals surface area (Å²) >= 11 is 3.62. The Balaban J connectivity index is 1.76. The summed E-state index contributed by atoms with van der Waals surface area (Å²) in [6.07, 6.45) is 6.28. The first-order chi connectivity index (χ1) is 25.9. The molecule has 0 aliphatic carbocycles. The van der Waals surface area contributed by atoms with Gasteiger partial charge in [0.1, 0.15) is 17.8 Å². The minimum atomic E-state index is -4.09. The van der Waals surface area contributed by atoms with Crippen molar-refractivity contribution in [3.63, 3.8) is 0 Å². The number of aromatic nitrogens is 2. The summed E-state index contributed by atoms with van der Waals surface area (Å²) in [4.78, 5) is 0. The SMILES string of the molecule is CC(C)C[Si]12O[Si]3(CC(C)C)O[Si]4(CC(C)C)O[Si](CC(C)C)(O1)O[Si]1(CC(C)C)O[Si](CC(C)C)(O2)O[Si](CC(C)C)(O3)O[Si](Cn2cc[n+](CBr)c2)(O4)O1. The molecule has 6 fully saturated rings. The molecule has 0 unspecified atom stereocenters. The molecule has 6 aliphatic heterocycles. The van der Waals surface area contributed by atoms with Crippen molar-refractivity contribution in [2.45, 2.75) is 151 Å². The highest BCUT2D eigenvalue weighted by atomic mass is 79.9. The van der Waals surface area contributed by atoms with E-state index in [1.807, 2.05) is 23.3 Å². The molecule has 6 aliphatic rings. The van der Waals surface area contributed by atoms with Crippen LogP contribution in [0.15, 0.2) is 18.7 Å². The van der Waals surface area contributed by atoms with E-state index in [4.69, 9.17) is 49.4 Å². The van der Waals surface area contributed by atoms with Crippen LogP contribution in [0.2, 0.25) is 42.3 Å². The van der Waals surface area contributed by atoms with E-state index in [2.05, 4.69) is 117 Å². The van der Waals surface area contributed by atoms with Crippen LogP contribution in [0.5, 0.6) is 0 Å². The third-order valence-electron chi connectivity index (χ3n) is 9.60. The molecule has 56 heavy (non-hydrogen) atoms. The van der Waals surface area contributed by atoms with E-state index in [-0.39, 0.29) is 47.6 Å². The van der Waals surface area contributed by atoms with Crippen LogP contribution in [-0.2, 0) is 61.0 Å². The lowest BCUT2D eigenvalue weighted by Gasteiger charge is -2.63. The van der Waals surface area contributed by atoms with E-state index >= 15 is 0 Å². The molecule has 14 nitrogen and oxygen atoms in total. The third kappa shape index (κ3) is 10.4. The van der Waals surface area contributed by atoms with Gasteiger partial charge in [0.25, 0.3) is 0 Å². The molecule has 0 saturated carbocycles. The second kappa shape index (κ2) is 16.9. The number of alkyl halides is 1. The molecule has 322 valence electrons. The molecule has 0 spiro atoms. The first-order valence-electron chi connectivity index (χ1n) is 20.9. The van der Waals surface area contributed by atoms with Crippen molar-refractivity contribution in [3.8, 4) is 0 Å². The maximum atomic E-state index is 7.84. The average molecular weight is 992 g/mol. The van der Waals surface area contributed by atoms with Gasteiger partial charge >= 0.3 is 70.4 Å². The highest BCUT2D eigenvalue weighted by Crippen LogP contribution is 2.55. The fraction of sp³-hybridized carbons (Fsp3) is 0.909. The van der Waals surface area contributed by atoms with E-state index < -0.39 is 70.4 Å². The van der Waals surface area contributed by atoms with E-state index in [1.165, 1.54) is 0 Å². The highest BCUT2D eigenvalue weighted by molar-refractivity contribution is 9.08. The largest absolute Gasteiger partial charge is 0.523 e. The molecule has 0 aromatic carbocycles. The summed E-state index contributed by atoms with van der Waals surface area (Å²) in [6.45, 7) is 30.4. The van der Waals surface area contributed by atoms with E-state index in [0.717, 1.165) is 0 Å². The second-order valence-electron chi connectivity index (χ2n) is 19.6. The minimum absolute atomic E-state index is 0.105. The number of nitrogens with zero attached hydrogens (tertiary/aromatic N) is 2. The molecule has 6 saturated heterocycles. The zero-order chi connectivity index (χ0) is 41.2. The topological polar surface area (TPSA) is 120 Å². The number of rotatable bonds is 17. The van der Waals surface area contributed by atoms with Gasteiger partial charge in [-0.15, -0.1) is 0 Å². The molecule has 8 bridgehead atoms. The lowest BCUT2D eigenvalue weighted by atomic mass is 10.3. The molecule has 23 heteroatoms. The van der Waals surface area contributed by atoms with Crippen LogP contribution in [0.25, 0.3) is 0 Å². The van der Waals surface area contributed by atoms with Crippen molar-refractivity contribution in [1.82, 2.24) is 4.57 Å². The van der Waals surface area contributed by atoms with E-state index in [1.54, 1.807) is 0 Å². The Kier molecular flexibility index (Phi) is 14.0. The molecular weight excluding hydrogens is 921 g/mol. The van der Waals surface area contributed by atoms with Crippen LogP contribution >= 0.6 is 15.9 Å². The molecule has 7 heterocycles. The van der Waals surface area contributed by atoms with Gasteiger partial charge in [-0.1, -0.05) is 96.9 Å². The summed E-state index contributed by atoms with van der Waals surface area (Å²) in [5.74, 6) is 0.805. The van der Waals surface area contributed by atoms with Gasteiger partial charge in [-0.3, -0.25) is 0 Å². The average Bonchev–Trinajstić information content (AvgIpc) is 3.37. The predicted octanol–water partition coefficient (Wildman–Crippen LogP) is 8.04. The van der Waals surface area contributed by atoms with Crippen LogP contribution in [0, 0.1) is 41.4 Å². The molecule has 1 aromatic rings. The molecule has 0 atom stereocenters. The molecular formula is C33H70BrN2O12Si8+. The van der Waals surface area contributed by atoms with E-state index in [0.29, 0.717) is 47.8 Å². The van der Waals surface area contributed by atoms with Crippen LogP contribution in [0.1, 0.15) is 96.9 Å².